The Bertz CT molecular complexity index is 1810. The second kappa shape index (κ2) is 11.9. The van der Waals surface area contributed by atoms with Crippen molar-refractivity contribution in [3.63, 3.8) is 0 Å². The van der Waals surface area contributed by atoms with Crippen molar-refractivity contribution < 1.29 is 45.3 Å². The van der Waals surface area contributed by atoms with Gasteiger partial charge in [0, 0.05) is 37.2 Å². The fourth-order valence-corrected chi connectivity index (χ4v) is 6.12. The minimum absolute atomic E-state index is 0.0322. The summed E-state index contributed by atoms with van der Waals surface area (Å²) in [5, 5.41) is 0.283. The molecule has 45 heavy (non-hydrogen) atoms. The maximum Gasteiger partial charge on any atom is 0.422 e. The van der Waals surface area contributed by atoms with Gasteiger partial charge < -0.3 is 18.9 Å². The summed E-state index contributed by atoms with van der Waals surface area (Å²) in [6.45, 7) is -1.03. The van der Waals surface area contributed by atoms with Gasteiger partial charge >= 0.3 is 12.2 Å². The number of benzene rings is 2. The van der Waals surface area contributed by atoms with Crippen LogP contribution in [0.1, 0.15) is 24.8 Å². The minimum Gasteiger partial charge on any atom is -0.468 e. The van der Waals surface area contributed by atoms with E-state index in [0.717, 1.165) is 18.7 Å². The average Bonchev–Trinajstić information content (AvgIpc) is 3.53. The normalized spacial score (nSPS) is 20.0. The number of halogens is 6. The van der Waals surface area contributed by atoms with E-state index in [4.69, 9.17) is 25.4 Å². The molecular weight excluding hydrogens is 606 g/mol. The van der Waals surface area contributed by atoms with Crippen molar-refractivity contribution in [2.45, 2.75) is 37.1 Å². The molecule has 0 spiro atoms. The molecule has 2 fully saturated rings. The lowest BCUT2D eigenvalue weighted by atomic mass is 9.95. The van der Waals surface area contributed by atoms with Crippen molar-refractivity contribution in [2.24, 2.45) is 0 Å². The van der Waals surface area contributed by atoms with Gasteiger partial charge in [0.1, 0.15) is 35.6 Å². The SMILES string of the molecule is C#Cc1c(F)ccc2cc(OCOC)cc(-c3ncc4c(OCC(F)(F)F)nc(OC[C@@]56CCCN5C[C@H](F)C6)nc4c3F)c12. The number of alkyl halides is 4. The van der Waals surface area contributed by atoms with Crippen LogP contribution in [0.15, 0.2) is 30.5 Å². The van der Waals surface area contributed by atoms with Crippen molar-refractivity contribution in [2.75, 3.05) is 40.2 Å². The summed E-state index contributed by atoms with van der Waals surface area (Å²) in [5.74, 6) is 0.0777. The highest BCUT2D eigenvalue weighted by Crippen LogP contribution is 2.42. The van der Waals surface area contributed by atoms with Gasteiger partial charge in [-0.3, -0.25) is 9.88 Å². The summed E-state index contributed by atoms with van der Waals surface area (Å²) in [4.78, 5) is 14.3. The zero-order chi connectivity index (χ0) is 31.9. The second-order valence-corrected chi connectivity index (χ2v) is 10.9. The number of ether oxygens (including phenoxy) is 4. The fourth-order valence-electron chi connectivity index (χ4n) is 6.12. The number of methoxy groups -OCH3 is 1. The summed E-state index contributed by atoms with van der Waals surface area (Å²) < 4.78 is 106. The zero-order valence-electron chi connectivity index (χ0n) is 23.9. The van der Waals surface area contributed by atoms with E-state index < -0.39 is 53.5 Å². The van der Waals surface area contributed by atoms with E-state index in [2.05, 4.69) is 20.9 Å². The molecule has 8 nitrogen and oxygen atoms in total. The van der Waals surface area contributed by atoms with Gasteiger partial charge in [-0.25, -0.2) is 13.2 Å². The van der Waals surface area contributed by atoms with E-state index in [1.165, 1.54) is 19.2 Å². The van der Waals surface area contributed by atoms with Crippen molar-refractivity contribution in [3.8, 4) is 41.2 Å². The Balaban J connectivity index is 1.49. The predicted molar refractivity (Wildman–Crippen MR) is 151 cm³/mol. The molecule has 0 aliphatic carbocycles. The molecule has 2 saturated heterocycles. The monoisotopic (exact) mass is 632 g/mol. The van der Waals surface area contributed by atoms with Gasteiger partial charge in [0.15, 0.2) is 19.2 Å². The third-order valence-electron chi connectivity index (χ3n) is 8.02. The van der Waals surface area contributed by atoms with Crippen LogP contribution in [-0.4, -0.2) is 77.9 Å². The van der Waals surface area contributed by atoms with Gasteiger partial charge in [0.2, 0.25) is 5.88 Å². The molecule has 0 unspecified atom stereocenters. The Hall–Kier alpha value is -4.35. The summed E-state index contributed by atoms with van der Waals surface area (Å²) in [7, 11) is 1.41. The van der Waals surface area contributed by atoms with Crippen molar-refractivity contribution in [1.82, 2.24) is 19.9 Å². The topological polar surface area (TPSA) is 78.8 Å². The molecule has 6 rings (SSSR count). The summed E-state index contributed by atoms with van der Waals surface area (Å²) in [6.07, 6.45) is 2.56. The Kier molecular flexibility index (Phi) is 8.09. The van der Waals surface area contributed by atoms with Crippen molar-refractivity contribution >= 4 is 21.7 Å². The summed E-state index contributed by atoms with van der Waals surface area (Å²) in [5.41, 5.74) is -1.58. The van der Waals surface area contributed by atoms with Crippen molar-refractivity contribution in [3.05, 3.63) is 47.7 Å². The van der Waals surface area contributed by atoms with E-state index in [9.17, 15) is 22.0 Å². The molecule has 2 aliphatic heterocycles. The van der Waals surface area contributed by atoms with Gasteiger partial charge in [0.25, 0.3) is 0 Å². The van der Waals surface area contributed by atoms with Gasteiger partial charge in [-0.2, -0.15) is 23.1 Å². The first-order valence-corrected chi connectivity index (χ1v) is 13.9. The van der Waals surface area contributed by atoms with Gasteiger partial charge in [-0.15, -0.1) is 6.42 Å². The fraction of sp³-hybridized carbons (Fsp3) is 0.387. The maximum atomic E-state index is 16.5. The van der Waals surface area contributed by atoms with E-state index in [1.54, 1.807) is 6.07 Å². The number of hydrogen-bond donors (Lipinski definition) is 0. The molecule has 0 amide bonds. The largest absolute Gasteiger partial charge is 0.468 e. The van der Waals surface area contributed by atoms with Crippen LogP contribution in [0, 0.1) is 24.0 Å². The smallest absolute Gasteiger partial charge is 0.422 e. The lowest BCUT2D eigenvalue weighted by molar-refractivity contribution is -0.153. The third kappa shape index (κ3) is 5.89. The Labute approximate surface area is 253 Å². The van der Waals surface area contributed by atoms with E-state index >= 15 is 4.39 Å². The molecule has 0 bridgehead atoms. The number of fused-ring (bicyclic) bond motifs is 3. The summed E-state index contributed by atoms with van der Waals surface area (Å²) >= 11 is 0. The van der Waals surface area contributed by atoms with Crippen LogP contribution in [0.3, 0.4) is 0 Å². The minimum atomic E-state index is -4.73. The first kappa shape index (κ1) is 30.7. The van der Waals surface area contributed by atoms with Crippen LogP contribution in [-0.2, 0) is 4.74 Å². The Morgan fingerprint density at radius 1 is 1.13 bits per heavy atom. The predicted octanol–water partition coefficient (Wildman–Crippen LogP) is 5.98. The molecule has 236 valence electrons. The van der Waals surface area contributed by atoms with Gasteiger partial charge in [0.05, 0.1) is 16.5 Å². The molecule has 2 aromatic carbocycles. The van der Waals surface area contributed by atoms with Gasteiger partial charge in [-0.05, 0) is 43.0 Å². The molecule has 4 aromatic rings. The number of nitrogens with zero attached hydrogens (tertiary/aromatic N) is 4. The second-order valence-electron chi connectivity index (χ2n) is 10.9. The number of aromatic nitrogens is 3. The number of hydrogen-bond acceptors (Lipinski definition) is 8. The maximum absolute atomic E-state index is 16.5. The number of terminal acetylenes is 1. The van der Waals surface area contributed by atoms with Gasteiger partial charge in [-0.1, -0.05) is 12.0 Å². The highest BCUT2D eigenvalue weighted by atomic mass is 19.4. The molecule has 2 aliphatic rings. The first-order valence-electron chi connectivity index (χ1n) is 13.9. The van der Waals surface area contributed by atoms with Crippen LogP contribution < -0.4 is 14.2 Å². The highest BCUT2D eigenvalue weighted by Gasteiger charge is 2.49. The van der Waals surface area contributed by atoms with E-state index in [1.807, 2.05) is 4.90 Å². The standard InChI is InChI=1S/C31H26F6N4O4/c1-3-20-23(33)6-5-17-9-19(45-16-42-2)10-21(24(17)20)26-25(34)27-22(12-38-26)28(43-15-31(35,36)37)40-29(39-27)44-14-30-7-4-8-41(30)13-18(32)11-30/h1,5-6,9-10,12,18H,4,7-8,11,13-16H2,2H3/t18-,30+/m1/s1. The molecule has 4 heterocycles. The van der Waals surface area contributed by atoms with Crippen LogP contribution in [0.5, 0.6) is 17.6 Å². The summed E-state index contributed by atoms with van der Waals surface area (Å²) in [6, 6.07) is 5.08. The van der Waals surface area contributed by atoms with Crippen molar-refractivity contribution in [1.29, 1.82) is 0 Å². The van der Waals surface area contributed by atoms with Crippen LogP contribution in [0.25, 0.3) is 32.9 Å². The zero-order valence-corrected chi connectivity index (χ0v) is 23.9. The van der Waals surface area contributed by atoms with Crippen LogP contribution in [0.4, 0.5) is 26.3 Å². The Morgan fingerprint density at radius 3 is 2.71 bits per heavy atom. The lowest BCUT2D eigenvalue weighted by Gasteiger charge is -2.30. The lowest BCUT2D eigenvalue weighted by Crippen LogP contribution is -2.43. The third-order valence-corrected chi connectivity index (χ3v) is 8.02. The molecule has 14 heteroatoms. The number of pyridine rings is 1. The van der Waals surface area contributed by atoms with E-state index in [-0.39, 0.29) is 59.7 Å². The quantitative estimate of drug-likeness (QED) is 0.127. The number of rotatable bonds is 9. The molecular formula is C31H26F6N4O4. The molecule has 2 aromatic heterocycles. The van der Waals surface area contributed by atoms with Crippen LogP contribution in [0.2, 0.25) is 0 Å². The highest BCUT2D eigenvalue weighted by molar-refractivity contribution is 6.02. The first-order chi connectivity index (χ1) is 21.5. The molecule has 0 N–H and O–H groups in total. The van der Waals surface area contributed by atoms with Crippen LogP contribution >= 0.6 is 0 Å². The molecule has 0 saturated carbocycles. The average molecular weight is 633 g/mol. The van der Waals surface area contributed by atoms with E-state index in [0.29, 0.717) is 18.4 Å². The molecule has 2 atom stereocenters. The molecule has 0 radical (unpaired) electrons. The Morgan fingerprint density at radius 2 is 1.96 bits per heavy atom.